The van der Waals surface area contributed by atoms with E-state index in [2.05, 4.69) is 11.1 Å². The largest absolute Gasteiger partial charge is 0.383 e. The van der Waals surface area contributed by atoms with Gasteiger partial charge in [0.1, 0.15) is 17.5 Å². The van der Waals surface area contributed by atoms with Gasteiger partial charge in [0, 0.05) is 29.9 Å². The summed E-state index contributed by atoms with van der Waals surface area (Å²) in [6.45, 7) is 0. The van der Waals surface area contributed by atoms with Crippen LogP contribution in [0, 0.1) is 0 Å². The van der Waals surface area contributed by atoms with Crippen molar-refractivity contribution in [3.05, 3.63) is 65.5 Å². The molecule has 1 saturated carbocycles. The normalized spacial score (nSPS) is 20.6. The molecule has 0 aliphatic heterocycles. The van der Waals surface area contributed by atoms with Crippen molar-refractivity contribution in [1.29, 1.82) is 0 Å². The van der Waals surface area contributed by atoms with Gasteiger partial charge in [-0.1, -0.05) is 6.07 Å². The second-order valence-corrected chi connectivity index (χ2v) is 8.19. The summed E-state index contributed by atoms with van der Waals surface area (Å²) in [5.41, 5.74) is 18.3. The number of pyridine rings is 2. The standard InChI is InChI=1S/C23H21FN6/c24-17-11-13-10-14(5-6-15(13)20(17)25)30-22(16-2-1-9-27-21(16)26)29-19-8-7-18(12-3-4-12)28-23(19)30/h1-2,5-10,12,17,20H,3-4,11,25H2,(H2,26,27)/t17?,20-/m1/s1. The Hall–Kier alpha value is -3.32. The lowest BCUT2D eigenvalue weighted by Gasteiger charge is -2.13. The SMILES string of the molecule is Nc1ncccc1-c1nc2ccc(C3CC3)nc2n1-c1ccc2c(c1)CC(F)[C@@H]2N. The van der Waals surface area contributed by atoms with Crippen molar-refractivity contribution in [1.82, 2.24) is 19.5 Å². The fourth-order valence-corrected chi connectivity index (χ4v) is 4.38. The van der Waals surface area contributed by atoms with E-state index in [0.29, 0.717) is 24.0 Å². The molecular weight excluding hydrogens is 379 g/mol. The molecule has 1 aromatic carbocycles. The quantitative estimate of drug-likeness (QED) is 0.545. The summed E-state index contributed by atoms with van der Waals surface area (Å²) in [5, 5.41) is 0. The number of benzene rings is 1. The van der Waals surface area contributed by atoms with Gasteiger partial charge >= 0.3 is 0 Å². The highest BCUT2D eigenvalue weighted by molar-refractivity contribution is 5.83. The summed E-state index contributed by atoms with van der Waals surface area (Å²) in [6.07, 6.45) is 3.27. The van der Waals surface area contributed by atoms with Gasteiger partial charge in [0.25, 0.3) is 0 Å². The molecule has 6 nitrogen and oxygen atoms in total. The molecule has 30 heavy (non-hydrogen) atoms. The average Bonchev–Trinajstić information content (AvgIpc) is 3.47. The zero-order valence-electron chi connectivity index (χ0n) is 16.3. The number of nitrogens with two attached hydrogens (primary N) is 2. The molecule has 4 aromatic rings. The summed E-state index contributed by atoms with van der Waals surface area (Å²) >= 11 is 0. The van der Waals surface area contributed by atoms with E-state index in [1.807, 2.05) is 41.0 Å². The van der Waals surface area contributed by atoms with Crippen LogP contribution in [-0.4, -0.2) is 25.7 Å². The molecule has 4 N–H and O–H groups in total. The van der Waals surface area contributed by atoms with Gasteiger partial charge in [0.15, 0.2) is 11.5 Å². The van der Waals surface area contributed by atoms with E-state index < -0.39 is 12.2 Å². The third-order valence-electron chi connectivity index (χ3n) is 6.15. The number of alkyl halides is 1. The molecule has 6 rings (SSSR count). The van der Waals surface area contributed by atoms with Crippen molar-refractivity contribution < 1.29 is 4.39 Å². The number of halogens is 1. The summed E-state index contributed by atoms with van der Waals surface area (Å²) in [7, 11) is 0. The molecule has 2 atom stereocenters. The van der Waals surface area contributed by atoms with Gasteiger partial charge in [-0.3, -0.25) is 4.57 Å². The van der Waals surface area contributed by atoms with Crippen molar-refractivity contribution >= 4 is 17.0 Å². The lowest BCUT2D eigenvalue weighted by molar-refractivity contribution is 0.303. The van der Waals surface area contributed by atoms with E-state index in [4.69, 9.17) is 21.4 Å². The first-order valence-electron chi connectivity index (χ1n) is 10.2. The van der Waals surface area contributed by atoms with Gasteiger partial charge in [0.2, 0.25) is 0 Å². The molecule has 0 saturated heterocycles. The molecule has 1 unspecified atom stereocenters. The predicted octanol–water partition coefficient (Wildman–Crippen LogP) is 3.84. The Morgan fingerprint density at radius 1 is 1.07 bits per heavy atom. The highest BCUT2D eigenvalue weighted by Crippen LogP contribution is 2.40. The topological polar surface area (TPSA) is 95.6 Å². The smallest absolute Gasteiger partial charge is 0.165 e. The van der Waals surface area contributed by atoms with E-state index in [1.54, 1.807) is 6.20 Å². The van der Waals surface area contributed by atoms with Crippen LogP contribution >= 0.6 is 0 Å². The highest BCUT2D eigenvalue weighted by atomic mass is 19.1. The number of hydrogen-bond acceptors (Lipinski definition) is 5. The van der Waals surface area contributed by atoms with Crippen molar-refractivity contribution in [2.24, 2.45) is 5.73 Å². The number of hydrogen-bond donors (Lipinski definition) is 2. The summed E-state index contributed by atoms with van der Waals surface area (Å²) in [5.74, 6) is 1.61. The van der Waals surface area contributed by atoms with Crippen molar-refractivity contribution in [3.8, 4) is 17.1 Å². The molecule has 0 spiro atoms. The minimum Gasteiger partial charge on any atom is -0.383 e. The van der Waals surface area contributed by atoms with Gasteiger partial charge in [-0.05, 0) is 60.4 Å². The molecular formula is C23H21FN6. The van der Waals surface area contributed by atoms with Gasteiger partial charge in [-0.15, -0.1) is 0 Å². The zero-order valence-corrected chi connectivity index (χ0v) is 16.3. The Morgan fingerprint density at radius 2 is 1.93 bits per heavy atom. The monoisotopic (exact) mass is 400 g/mol. The van der Waals surface area contributed by atoms with E-state index >= 15 is 0 Å². The van der Waals surface area contributed by atoms with E-state index in [0.717, 1.165) is 39.2 Å². The molecule has 1 fully saturated rings. The summed E-state index contributed by atoms with van der Waals surface area (Å²) < 4.78 is 16.2. The van der Waals surface area contributed by atoms with E-state index in [1.165, 1.54) is 12.8 Å². The van der Waals surface area contributed by atoms with Crippen LogP contribution in [0.3, 0.4) is 0 Å². The maximum Gasteiger partial charge on any atom is 0.165 e. The second-order valence-electron chi connectivity index (χ2n) is 8.19. The molecule has 0 radical (unpaired) electrons. The molecule has 150 valence electrons. The number of fused-ring (bicyclic) bond motifs is 2. The number of nitrogens with zero attached hydrogens (tertiary/aromatic N) is 4. The molecule has 0 amide bonds. The Bertz CT molecular complexity index is 1290. The predicted molar refractivity (Wildman–Crippen MR) is 114 cm³/mol. The van der Waals surface area contributed by atoms with Crippen LogP contribution in [0.2, 0.25) is 0 Å². The Labute approximate surface area is 172 Å². The number of aromatic nitrogens is 4. The first-order chi connectivity index (χ1) is 14.6. The lowest BCUT2D eigenvalue weighted by Crippen LogP contribution is -2.17. The van der Waals surface area contributed by atoms with E-state index in [-0.39, 0.29) is 0 Å². The minimum absolute atomic E-state index is 0.322. The van der Waals surface area contributed by atoms with Gasteiger partial charge < -0.3 is 11.5 Å². The molecule has 7 heteroatoms. The third-order valence-corrected chi connectivity index (χ3v) is 6.15. The first-order valence-corrected chi connectivity index (χ1v) is 10.2. The van der Waals surface area contributed by atoms with Crippen molar-refractivity contribution in [2.45, 2.75) is 37.4 Å². The van der Waals surface area contributed by atoms with Gasteiger partial charge in [0.05, 0.1) is 11.6 Å². The number of rotatable bonds is 3. The van der Waals surface area contributed by atoms with Crippen LogP contribution in [0.1, 0.15) is 41.6 Å². The molecule has 3 aromatic heterocycles. The molecule has 0 bridgehead atoms. The summed E-state index contributed by atoms with van der Waals surface area (Å²) in [4.78, 5) is 14.0. The fourth-order valence-electron chi connectivity index (χ4n) is 4.38. The van der Waals surface area contributed by atoms with E-state index in [9.17, 15) is 4.39 Å². The third kappa shape index (κ3) is 2.62. The number of anilines is 1. The molecule has 3 heterocycles. The second kappa shape index (κ2) is 6.34. The Balaban J connectivity index is 1.61. The highest BCUT2D eigenvalue weighted by Gasteiger charge is 2.31. The van der Waals surface area contributed by atoms with Crippen molar-refractivity contribution in [2.75, 3.05) is 5.73 Å². The average molecular weight is 400 g/mol. The van der Waals surface area contributed by atoms with Crippen LogP contribution in [0.25, 0.3) is 28.2 Å². The van der Waals surface area contributed by atoms with Gasteiger partial charge in [-0.25, -0.2) is 19.3 Å². The van der Waals surface area contributed by atoms with Crippen LogP contribution in [0.5, 0.6) is 0 Å². The van der Waals surface area contributed by atoms with Crippen LogP contribution in [0.15, 0.2) is 48.7 Å². The molecule has 2 aliphatic rings. The Kier molecular flexibility index (Phi) is 3.70. The van der Waals surface area contributed by atoms with Crippen LogP contribution < -0.4 is 11.5 Å². The Morgan fingerprint density at radius 3 is 2.73 bits per heavy atom. The van der Waals surface area contributed by atoms with Crippen LogP contribution in [0.4, 0.5) is 10.2 Å². The lowest BCUT2D eigenvalue weighted by atomic mass is 10.1. The number of nitrogen functional groups attached to an aromatic ring is 1. The number of imidazole rings is 1. The first kappa shape index (κ1) is 17.5. The van der Waals surface area contributed by atoms with Crippen LogP contribution in [-0.2, 0) is 6.42 Å². The maximum atomic E-state index is 14.2. The fraction of sp³-hybridized carbons (Fsp3) is 0.261. The van der Waals surface area contributed by atoms with Gasteiger partial charge in [-0.2, -0.15) is 0 Å². The minimum atomic E-state index is -1.05. The molecule has 2 aliphatic carbocycles. The zero-order chi connectivity index (χ0) is 20.4. The summed E-state index contributed by atoms with van der Waals surface area (Å²) in [6, 6.07) is 13.1. The maximum absolute atomic E-state index is 14.2. The van der Waals surface area contributed by atoms with Crippen molar-refractivity contribution in [3.63, 3.8) is 0 Å².